The largest absolute Gasteiger partial charge is 0.491 e. The molecule has 1 aliphatic heterocycles. The number of amides is 1. The Morgan fingerprint density at radius 2 is 2.00 bits per heavy atom. The van der Waals surface area contributed by atoms with E-state index in [4.69, 9.17) is 4.74 Å². The number of benzene rings is 1. The SMILES string of the molecule is Cc1cccc(C)c1OCCN(C)C(=O)CC[C@@H]1CCCCN1C. The van der Waals surface area contributed by atoms with Crippen molar-refractivity contribution in [1.29, 1.82) is 0 Å². The first-order valence-electron chi connectivity index (χ1n) is 9.12. The van der Waals surface area contributed by atoms with Crippen LogP contribution in [-0.2, 0) is 4.79 Å². The molecule has 1 aromatic carbocycles. The van der Waals surface area contributed by atoms with Crippen molar-refractivity contribution in [3.63, 3.8) is 0 Å². The van der Waals surface area contributed by atoms with Gasteiger partial charge in [-0.1, -0.05) is 24.6 Å². The van der Waals surface area contributed by atoms with E-state index in [2.05, 4.69) is 37.9 Å². The summed E-state index contributed by atoms with van der Waals surface area (Å²) in [5.41, 5.74) is 2.29. The number of likely N-dealkylation sites (tertiary alicyclic amines) is 1. The van der Waals surface area contributed by atoms with Crippen LogP contribution in [0.25, 0.3) is 0 Å². The number of hydrogen-bond acceptors (Lipinski definition) is 3. The van der Waals surface area contributed by atoms with Crippen molar-refractivity contribution in [1.82, 2.24) is 9.80 Å². The highest BCUT2D eigenvalue weighted by Gasteiger charge is 2.20. The summed E-state index contributed by atoms with van der Waals surface area (Å²) < 4.78 is 5.90. The van der Waals surface area contributed by atoms with Gasteiger partial charge in [-0.25, -0.2) is 0 Å². The fraction of sp³-hybridized carbons (Fsp3) is 0.650. The Hall–Kier alpha value is -1.55. The molecular weight excluding hydrogens is 300 g/mol. The van der Waals surface area contributed by atoms with Crippen molar-refractivity contribution < 1.29 is 9.53 Å². The predicted molar refractivity (Wildman–Crippen MR) is 98.6 cm³/mol. The minimum atomic E-state index is 0.221. The molecule has 1 amide bonds. The summed E-state index contributed by atoms with van der Waals surface area (Å²) in [6, 6.07) is 6.72. The van der Waals surface area contributed by atoms with Crippen LogP contribution in [0.15, 0.2) is 18.2 Å². The van der Waals surface area contributed by atoms with Crippen molar-refractivity contribution in [3.8, 4) is 5.75 Å². The molecular formula is C20H32N2O2. The van der Waals surface area contributed by atoms with Gasteiger partial charge in [-0.15, -0.1) is 0 Å². The van der Waals surface area contributed by atoms with Crippen LogP contribution < -0.4 is 4.74 Å². The third-order valence-corrected chi connectivity index (χ3v) is 5.12. The van der Waals surface area contributed by atoms with E-state index in [1.807, 2.05) is 13.1 Å². The van der Waals surface area contributed by atoms with Gasteiger partial charge < -0.3 is 14.5 Å². The molecule has 0 aromatic heterocycles. The maximum atomic E-state index is 12.3. The molecule has 0 aliphatic carbocycles. The van der Waals surface area contributed by atoms with E-state index < -0.39 is 0 Å². The zero-order chi connectivity index (χ0) is 17.5. The first-order valence-corrected chi connectivity index (χ1v) is 9.12. The molecule has 4 nitrogen and oxygen atoms in total. The molecule has 1 fully saturated rings. The van der Waals surface area contributed by atoms with Gasteiger partial charge in [0.2, 0.25) is 5.91 Å². The Bertz CT molecular complexity index is 524. The fourth-order valence-electron chi connectivity index (χ4n) is 3.43. The van der Waals surface area contributed by atoms with Gasteiger partial charge in [-0.3, -0.25) is 4.79 Å². The molecule has 0 spiro atoms. The highest BCUT2D eigenvalue weighted by atomic mass is 16.5. The van der Waals surface area contributed by atoms with Crippen LogP contribution in [0.5, 0.6) is 5.75 Å². The summed E-state index contributed by atoms with van der Waals surface area (Å²) in [6.45, 7) is 6.44. The van der Waals surface area contributed by atoms with Gasteiger partial charge >= 0.3 is 0 Å². The number of carbonyl (C=O) groups is 1. The minimum Gasteiger partial charge on any atom is -0.491 e. The van der Waals surface area contributed by atoms with E-state index in [1.54, 1.807) is 4.90 Å². The summed E-state index contributed by atoms with van der Waals surface area (Å²) in [4.78, 5) is 16.5. The molecule has 0 saturated carbocycles. The van der Waals surface area contributed by atoms with Gasteiger partial charge in [0, 0.05) is 19.5 Å². The van der Waals surface area contributed by atoms with Gasteiger partial charge in [-0.05, 0) is 57.8 Å². The summed E-state index contributed by atoms with van der Waals surface area (Å²) in [7, 11) is 4.05. The summed E-state index contributed by atoms with van der Waals surface area (Å²) >= 11 is 0. The third kappa shape index (κ3) is 5.23. The molecule has 134 valence electrons. The van der Waals surface area contributed by atoms with Crippen molar-refractivity contribution in [2.75, 3.05) is 33.8 Å². The van der Waals surface area contributed by atoms with Gasteiger partial charge in [0.1, 0.15) is 12.4 Å². The number of carbonyl (C=O) groups excluding carboxylic acids is 1. The van der Waals surface area contributed by atoms with Crippen LogP contribution >= 0.6 is 0 Å². The second-order valence-electron chi connectivity index (χ2n) is 7.05. The molecule has 0 radical (unpaired) electrons. The van der Waals surface area contributed by atoms with Gasteiger partial charge in [0.25, 0.3) is 0 Å². The average Bonchev–Trinajstić information content (AvgIpc) is 2.56. The highest BCUT2D eigenvalue weighted by molar-refractivity contribution is 5.75. The van der Waals surface area contributed by atoms with E-state index in [1.165, 1.54) is 19.3 Å². The Labute approximate surface area is 146 Å². The number of piperidine rings is 1. The van der Waals surface area contributed by atoms with Crippen LogP contribution in [0.1, 0.15) is 43.2 Å². The van der Waals surface area contributed by atoms with Gasteiger partial charge in [-0.2, -0.15) is 0 Å². The van der Waals surface area contributed by atoms with E-state index in [0.29, 0.717) is 25.6 Å². The molecule has 2 rings (SSSR count). The molecule has 0 N–H and O–H groups in total. The zero-order valence-corrected chi connectivity index (χ0v) is 15.7. The van der Waals surface area contributed by atoms with Crippen molar-refractivity contribution >= 4 is 5.91 Å². The molecule has 24 heavy (non-hydrogen) atoms. The number of nitrogens with zero attached hydrogens (tertiary/aromatic N) is 2. The smallest absolute Gasteiger partial charge is 0.222 e. The number of likely N-dealkylation sites (N-methyl/N-ethyl adjacent to an activating group) is 1. The van der Waals surface area contributed by atoms with Crippen LogP contribution in [-0.4, -0.2) is 55.5 Å². The summed E-state index contributed by atoms with van der Waals surface area (Å²) in [5.74, 6) is 1.17. The van der Waals surface area contributed by atoms with E-state index in [0.717, 1.165) is 29.8 Å². The second-order valence-corrected chi connectivity index (χ2v) is 7.05. The van der Waals surface area contributed by atoms with E-state index in [-0.39, 0.29) is 5.91 Å². The molecule has 0 unspecified atom stereocenters. The highest BCUT2D eigenvalue weighted by Crippen LogP contribution is 2.22. The first kappa shape index (κ1) is 18.8. The Morgan fingerprint density at radius 3 is 2.67 bits per heavy atom. The lowest BCUT2D eigenvalue weighted by Gasteiger charge is -2.32. The lowest BCUT2D eigenvalue weighted by Crippen LogP contribution is -2.38. The molecule has 1 heterocycles. The average molecular weight is 332 g/mol. The number of aryl methyl sites for hydroxylation is 2. The number of rotatable bonds is 7. The third-order valence-electron chi connectivity index (χ3n) is 5.12. The number of ether oxygens (including phenoxy) is 1. The quantitative estimate of drug-likeness (QED) is 0.767. The standard InChI is InChI=1S/C20H32N2O2/c1-16-8-7-9-17(2)20(16)24-15-14-22(4)19(23)12-11-18-10-5-6-13-21(18)3/h7-9,18H,5-6,10-15H2,1-4H3/t18-/m0/s1. The molecule has 1 saturated heterocycles. The van der Waals surface area contributed by atoms with Gasteiger partial charge in [0.15, 0.2) is 0 Å². The summed E-state index contributed by atoms with van der Waals surface area (Å²) in [5, 5.41) is 0. The van der Waals surface area contributed by atoms with Crippen molar-refractivity contribution in [2.24, 2.45) is 0 Å². The molecule has 0 bridgehead atoms. The minimum absolute atomic E-state index is 0.221. The predicted octanol–water partition coefficient (Wildman–Crippen LogP) is 3.41. The maximum Gasteiger partial charge on any atom is 0.222 e. The lowest BCUT2D eigenvalue weighted by atomic mass is 9.98. The Kier molecular flexibility index (Phi) is 7.10. The molecule has 1 atom stereocenters. The summed E-state index contributed by atoms with van der Waals surface area (Å²) in [6.07, 6.45) is 5.41. The Balaban J connectivity index is 1.71. The van der Waals surface area contributed by atoms with E-state index >= 15 is 0 Å². The van der Waals surface area contributed by atoms with Crippen molar-refractivity contribution in [2.45, 2.75) is 52.0 Å². The van der Waals surface area contributed by atoms with Crippen LogP contribution in [0.3, 0.4) is 0 Å². The number of hydrogen-bond donors (Lipinski definition) is 0. The molecule has 4 heteroatoms. The van der Waals surface area contributed by atoms with E-state index in [9.17, 15) is 4.79 Å². The molecule has 1 aliphatic rings. The monoisotopic (exact) mass is 332 g/mol. The lowest BCUT2D eigenvalue weighted by molar-refractivity contribution is -0.130. The molecule has 1 aromatic rings. The van der Waals surface area contributed by atoms with Crippen LogP contribution in [0, 0.1) is 13.8 Å². The first-order chi connectivity index (χ1) is 11.5. The van der Waals surface area contributed by atoms with Crippen LogP contribution in [0.4, 0.5) is 0 Å². The van der Waals surface area contributed by atoms with Crippen LogP contribution in [0.2, 0.25) is 0 Å². The topological polar surface area (TPSA) is 32.8 Å². The number of para-hydroxylation sites is 1. The van der Waals surface area contributed by atoms with Gasteiger partial charge in [0.05, 0.1) is 6.54 Å². The maximum absolute atomic E-state index is 12.3. The van der Waals surface area contributed by atoms with Crippen molar-refractivity contribution in [3.05, 3.63) is 29.3 Å². The zero-order valence-electron chi connectivity index (χ0n) is 15.7. The normalized spacial score (nSPS) is 18.4. The second kappa shape index (κ2) is 9.07. The Morgan fingerprint density at radius 1 is 1.29 bits per heavy atom. The fourth-order valence-corrected chi connectivity index (χ4v) is 3.43.